The van der Waals surface area contributed by atoms with E-state index in [2.05, 4.69) is 6.58 Å². The van der Waals surface area contributed by atoms with Crippen LogP contribution in [0.5, 0.6) is 11.5 Å². The monoisotopic (exact) mass is 208 g/mol. The van der Waals surface area contributed by atoms with E-state index in [-0.39, 0.29) is 11.9 Å². The number of hydrogen-bond donors (Lipinski definition) is 1. The molecule has 1 aromatic carbocycles. The van der Waals surface area contributed by atoms with Crippen LogP contribution in [0.25, 0.3) is 5.76 Å². The molecule has 0 saturated carbocycles. The molecule has 3 nitrogen and oxygen atoms in total. The largest absolute Gasteiger partial charge is 0.508 e. The molecule has 1 rings (SSSR count). The van der Waals surface area contributed by atoms with Crippen LogP contribution in [0.15, 0.2) is 24.8 Å². The summed E-state index contributed by atoms with van der Waals surface area (Å²) in [6.45, 7) is 7.34. The molecule has 0 radical (unpaired) electrons. The first-order chi connectivity index (χ1) is 7.04. The van der Waals surface area contributed by atoms with Gasteiger partial charge in [0.1, 0.15) is 5.76 Å². The molecular formula is C12H16O3. The molecule has 0 bridgehead atoms. The van der Waals surface area contributed by atoms with Crippen LogP contribution in [-0.2, 0) is 0 Å². The third-order valence-corrected chi connectivity index (χ3v) is 1.86. The highest BCUT2D eigenvalue weighted by Crippen LogP contribution is 2.30. The zero-order valence-electron chi connectivity index (χ0n) is 9.28. The average molecular weight is 208 g/mol. The Kier molecular flexibility index (Phi) is 3.61. The number of hydrogen-bond acceptors (Lipinski definition) is 3. The van der Waals surface area contributed by atoms with Gasteiger partial charge in [-0.05, 0) is 32.0 Å². The van der Waals surface area contributed by atoms with Gasteiger partial charge in [0.05, 0.1) is 13.2 Å². The highest BCUT2D eigenvalue weighted by molar-refractivity contribution is 5.60. The summed E-state index contributed by atoms with van der Waals surface area (Å²) < 4.78 is 10.7. The fourth-order valence-corrected chi connectivity index (χ4v) is 1.20. The van der Waals surface area contributed by atoms with E-state index < -0.39 is 0 Å². The lowest BCUT2D eigenvalue weighted by molar-refractivity contribution is 0.230. The van der Waals surface area contributed by atoms with Gasteiger partial charge >= 0.3 is 0 Å². The molecule has 1 aromatic rings. The van der Waals surface area contributed by atoms with Gasteiger partial charge in [0, 0.05) is 5.56 Å². The normalized spacial score (nSPS) is 10.1. The second-order valence-corrected chi connectivity index (χ2v) is 3.48. The van der Waals surface area contributed by atoms with Crippen molar-refractivity contribution < 1.29 is 14.6 Å². The number of ether oxygens (including phenoxy) is 2. The number of rotatable bonds is 4. The summed E-state index contributed by atoms with van der Waals surface area (Å²) in [7, 11) is 1.56. The van der Waals surface area contributed by atoms with Crippen molar-refractivity contribution in [1.29, 1.82) is 0 Å². The number of aliphatic hydroxyl groups is 1. The van der Waals surface area contributed by atoms with Crippen molar-refractivity contribution in [3.63, 3.8) is 0 Å². The van der Waals surface area contributed by atoms with Crippen molar-refractivity contribution in [3.05, 3.63) is 30.3 Å². The Hall–Kier alpha value is -1.64. The molecule has 0 unspecified atom stereocenters. The van der Waals surface area contributed by atoms with Gasteiger partial charge in [-0.1, -0.05) is 6.58 Å². The number of aliphatic hydroxyl groups excluding tert-OH is 1. The Morgan fingerprint density at radius 2 is 2.00 bits per heavy atom. The first-order valence-corrected chi connectivity index (χ1v) is 4.77. The van der Waals surface area contributed by atoms with E-state index >= 15 is 0 Å². The summed E-state index contributed by atoms with van der Waals surface area (Å²) in [5, 5.41) is 9.23. The third kappa shape index (κ3) is 2.91. The number of benzene rings is 1. The maximum absolute atomic E-state index is 9.23. The predicted molar refractivity (Wildman–Crippen MR) is 60.4 cm³/mol. The lowest BCUT2D eigenvalue weighted by Gasteiger charge is -2.14. The molecule has 0 atom stereocenters. The van der Waals surface area contributed by atoms with Gasteiger partial charge in [-0.15, -0.1) is 0 Å². The lowest BCUT2D eigenvalue weighted by Crippen LogP contribution is -2.06. The van der Waals surface area contributed by atoms with Crippen LogP contribution in [0, 0.1) is 0 Å². The minimum absolute atomic E-state index is 0.0180. The topological polar surface area (TPSA) is 38.7 Å². The van der Waals surface area contributed by atoms with Crippen LogP contribution in [0.4, 0.5) is 0 Å². The fraction of sp³-hybridized carbons (Fsp3) is 0.333. The molecule has 0 heterocycles. The zero-order valence-corrected chi connectivity index (χ0v) is 9.28. The first kappa shape index (κ1) is 11.4. The molecule has 1 N–H and O–H groups in total. The van der Waals surface area contributed by atoms with Gasteiger partial charge < -0.3 is 14.6 Å². The molecule has 82 valence electrons. The van der Waals surface area contributed by atoms with E-state index in [9.17, 15) is 5.11 Å². The molecule has 0 saturated heterocycles. The summed E-state index contributed by atoms with van der Waals surface area (Å²) in [5.41, 5.74) is 0.628. The van der Waals surface area contributed by atoms with E-state index in [1.807, 2.05) is 13.8 Å². The van der Waals surface area contributed by atoms with Crippen molar-refractivity contribution >= 4 is 5.76 Å². The van der Waals surface area contributed by atoms with E-state index in [4.69, 9.17) is 9.47 Å². The second kappa shape index (κ2) is 4.73. The van der Waals surface area contributed by atoms with Crippen LogP contribution in [0.2, 0.25) is 0 Å². The molecule has 0 fully saturated rings. The molecule has 0 amide bonds. The van der Waals surface area contributed by atoms with Crippen LogP contribution in [0.1, 0.15) is 19.4 Å². The number of methoxy groups -OCH3 is 1. The van der Waals surface area contributed by atoms with Crippen molar-refractivity contribution in [2.45, 2.75) is 20.0 Å². The Morgan fingerprint density at radius 3 is 2.47 bits per heavy atom. The second-order valence-electron chi connectivity index (χ2n) is 3.48. The molecule has 0 aliphatic heterocycles. The first-order valence-electron chi connectivity index (χ1n) is 4.77. The summed E-state index contributed by atoms with van der Waals surface area (Å²) in [4.78, 5) is 0. The molecule has 3 heteroatoms. The Bertz CT molecular complexity index is 356. The van der Waals surface area contributed by atoms with E-state index in [0.29, 0.717) is 17.1 Å². The van der Waals surface area contributed by atoms with E-state index in [1.54, 1.807) is 25.3 Å². The SMILES string of the molecule is C=C(O)c1ccc(OC(C)C)c(OC)c1. The van der Waals surface area contributed by atoms with E-state index in [1.165, 1.54) is 0 Å². The highest BCUT2D eigenvalue weighted by atomic mass is 16.5. The van der Waals surface area contributed by atoms with Crippen molar-refractivity contribution in [3.8, 4) is 11.5 Å². The van der Waals surface area contributed by atoms with Crippen molar-refractivity contribution in [2.75, 3.05) is 7.11 Å². The molecule has 0 aliphatic rings. The lowest BCUT2D eigenvalue weighted by atomic mass is 10.2. The standard InChI is InChI=1S/C12H16O3/c1-8(2)15-11-6-5-10(9(3)13)7-12(11)14-4/h5-8,13H,3H2,1-2,4H3. The zero-order chi connectivity index (χ0) is 11.4. The maximum Gasteiger partial charge on any atom is 0.161 e. The molecule has 0 spiro atoms. The maximum atomic E-state index is 9.23. The van der Waals surface area contributed by atoms with E-state index in [0.717, 1.165) is 0 Å². The smallest absolute Gasteiger partial charge is 0.161 e. The van der Waals surface area contributed by atoms with Gasteiger partial charge in [-0.2, -0.15) is 0 Å². The molecule has 0 aliphatic carbocycles. The molecule has 15 heavy (non-hydrogen) atoms. The minimum atomic E-state index is 0.0180. The Morgan fingerprint density at radius 1 is 1.33 bits per heavy atom. The summed E-state index contributed by atoms with van der Waals surface area (Å²) in [6, 6.07) is 5.19. The van der Waals surface area contributed by atoms with Crippen LogP contribution < -0.4 is 9.47 Å². The predicted octanol–water partition coefficient (Wildman–Crippen LogP) is 3.01. The van der Waals surface area contributed by atoms with Gasteiger partial charge in [0.2, 0.25) is 0 Å². The van der Waals surface area contributed by atoms with Gasteiger partial charge in [0.15, 0.2) is 11.5 Å². The van der Waals surface area contributed by atoms with Crippen LogP contribution in [0.3, 0.4) is 0 Å². The fourth-order valence-electron chi connectivity index (χ4n) is 1.20. The van der Waals surface area contributed by atoms with Gasteiger partial charge in [-0.3, -0.25) is 0 Å². The molecule has 0 aromatic heterocycles. The Balaban J connectivity index is 3.03. The van der Waals surface area contributed by atoms with Crippen LogP contribution in [-0.4, -0.2) is 18.3 Å². The van der Waals surface area contributed by atoms with Gasteiger partial charge in [-0.25, -0.2) is 0 Å². The van der Waals surface area contributed by atoms with Crippen molar-refractivity contribution in [2.24, 2.45) is 0 Å². The third-order valence-electron chi connectivity index (χ3n) is 1.86. The minimum Gasteiger partial charge on any atom is -0.508 e. The summed E-state index contributed by atoms with van der Waals surface area (Å²) in [5.74, 6) is 1.28. The summed E-state index contributed by atoms with van der Waals surface area (Å²) >= 11 is 0. The average Bonchev–Trinajstić information content (AvgIpc) is 2.17. The molecular weight excluding hydrogens is 192 g/mol. The summed E-state index contributed by atoms with van der Waals surface area (Å²) in [6.07, 6.45) is 0.0853. The quantitative estimate of drug-likeness (QED) is 0.773. The van der Waals surface area contributed by atoms with Crippen LogP contribution >= 0.6 is 0 Å². The highest BCUT2D eigenvalue weighted by Gasteiger charge is 2.08. The van der Waals surface area contributed by atoms with Crippen molar-refractivity contribution in [1.82, 2.24) is 0 Å². The van der Waals surface area contributed by atoms with Gasteiger partial charge in [0.25, 0.3) is 0 Å². The Labute approximate surface area is 90.0 Å².